The molecule has 232 valence electrons. The molecule has 2 aromatic heterocycles. The number of nitriles is 1. The molecule has 2 fully saturated rings. The van der Waals surface area contributed by atoms with Gasteiger partial charge in [0, 0.05) is 30.4 Å². The minimum absolute atomic E-state index is 0.0865. The van der Waals surface area contributed by atoms with Crippen LogP contribution in [0.3, 0.4) is 0 Å². The zero-order chi connectivity index (χ0) is 30.4. The Morgan fingerprint density at radius 2 is 2.05 bits per heavy atom. The summed E-state index contributed by atoms with van der Waals surface area (Å²) in [5, 5.41) is 17.9. The van der Waals surface area contributed by atoms with Gasteiger partial charge in [0.05, 0.1) is 30.4 Å². The zero-order valence-electron chi connectivity index (χ0n) is 25.1. The van der Waals surface area contributed by atoms with Crippen LogP contribution in [0.25, 0.3) is 11.5 Å². The second kappa shape index (κ2) is 11.6. The first kappa shape index (κ1) is 29.0. The average molecular weight is 604 g/mol. The van der Waals surface area contributed by atoms with Crippen LogP contribution in [0.2, 0.25) is 0 Å². The normalized spacial score (nSPS) is 27.4. The first-order valence-electron chi connectivity index (χ1n) is 15.5. The highest BCUT2D eigenvalue weighted by atomic mass is 19.1. The van der Waals surface area contributed by atoms with Crippen LogP contribution in [0, 0.1) is 11.3 Å². The molecule has 11 nitrogen and oxygen atoms in total. The number of rotatable bonds is 6. The van der Waals surface area contributed by atoms with Gasteiger partial charge in [-0.2, -0.15) is 15.2 Å². The molecule has 5 atom stereocenters. The van der Waals surface area contributed by atoms with Crippen LogP contribution in [0.1, 0.15) is 67.0 Å². The molecule has 12 heteroatoms. The minimum Gasteiger partial charge on any atom is -0.473 e. The third-order valence-corrected chi connectivity index (χ3v) is 9.67. The largest absolute Gasteiger partial charge is 0.473 e. The van der Waals surface area contributed by atoms with Crippen LogP contribution in [-0.4, -0.2) is 77.9 Å². The van der Waals surface area contributed by atoms with E-state index in [-0.39, 0.29) is 18.2 Å². The molecule has 2 aliphatic heterocycles. The Labute approximate surface area is 255 Å². The molecule has 0 radical (unpaired) electrons. The Kier molecular flexibility index (Phi) is 7.64. The molecule has 7 rings (SSSR count). The van der Waals surface area contributed by atoms with Gasteiger partial charge >= 0.3 is 0 Å². The Hall–Kier alpha value is -3.79. The molecule has 44 heavy (non-hydrogen) atoms. The van der Waals surface area contributed by atoms with Crippen molar-refractivity contribution in [2.75, 3.05) is 39.2 Å². The number of nitrogens with zero attached hydrogens (tertiary/aromatic N) is 5. The second-order valence-corrected chi connectivity index (χ2v) is 12.5. The van der Waals surface area contributed by atoms with Crippen molar-refractivity contribution >= 4 is 5.69 Å². The molecule has 0 bridgehead atoms. The summed E-state index contributed by atoms with van der Waals surface area (Å²) in [6.07, 6.45) is 4.13. The van der Waals surface area contributed by atoms with Crippen LogP contribution in [0.4, 0.5) is 10.1 Å². The Balaban J connectivity index is 1.28. The average Bonchev–Trinajstić information content (AvgIpc) is 3.61. The lowest BCUT2D eigenvalue weighted by atomic mass is 9.61. The van der Waals surface area contributed by atoms with Gasteiger partial charge in [-0.15, -0.1) is 0 Å². The third kappa shape index (κ3) is 5.06. The van der Waals surface area contributed by atoms with Gasteiger partial charge in [-0.1, -0.05) is 11.2 Å². The van der Waals surface area contributed by atoms with E-state index in [4.69, 9.17) is 34.4 Å². The Bertz CT molecular complexity index is 1580. The number of nitrogens with one attached hydrogen (secondary N) is 1. The fourth-order valence-electron chi connectivity index (χ4n) is 7.70. The van der Waals surface area contributed by atoms with Crippen molar-refractivity contribution in [2.45, 2.75) is 81.7 Å². The van der Waals surface area contributed by atoms with Gasteiger partial charge in [0.15, 0.2) is 17.3 Å². The smallest absolute Gasteiger partial charge is 0.221 e. The number of aromatic nitrogens is 3. The fraction of sp³-hybridized carbons (Fsp3) is 0.562. The van der Waals surface area contributed by atoms with Crippen molar-refractivity contribution in [2.24, 2.45) is 0 Å². The predicted molar refractivity (Wildman–Crippen MR) is 159 cm³/mol. The monoisotopic (exact) mass is 603 g/mol. The van der Waals surface area contributed by atoms with Gasteiger partial charge < -0.3 is 24.5 Å². The van der Waals surface area contributed by atoms with Crippen molar-refractivity contribution in [3.8, 4) is 29.3 Å². The van der Waals surface area contributed by atoms with Crippen LogP contribution in [0.5, 0.6) is 11.8 Å². The number of aryl methyl sites for hydroxylation is 1. The predicted octanol–water partition coefficient (Wildman–Crippen LogP) is 3.68. The van der Waals surface area contributed by atoms with Crippen molar-refractivity contribution in [3.05, 3.63) is 46.2 Å². The Morgan fingerprint density at radius 1 is 1.23 bits per heavy atom. The van der Waals surface area contributed by atoms with E-state index >= 15 is 0 Å². The number of fused-ring (bicyclic) bond motifs is 4. The summed E-state index contributed by atoms with van der Waals surface area (Å²) in [5.74, 6) is 1.76. The molecular weight excluding hydrogens is 565 g/mol. The summed E-state index contributed by atoms with van der Waals surface area (Å²) in [6.45, 7) is 3.82. The standard InChI is InChI=1S/C32H38FN7O4/c1-18(25-11-20(33)15-40(25)2)42-26-12-27(43-21-14-36-17-41-16-21)38-31(37-26)29-22-6-4-10-32(30(22)44-39-29)9-3-5-19-7-8-24(35)23(13-34)28(19)32/h7-8,12,18,20-21,25,36H,3-6,9-11,14-17,35H2,1-2H3. The first-order chi connectivity index (χ1) is 21.4. The van der Waals surface area contributed by atoms with Crippen LogP contribution < -0.4 is 20.5 Å². The number of nitrogen functional groups attached to an aromatic ring is 1. The number of benzene rings is 1. The molecule has 3 aromatic rings. The zero-order valence-corrected chi connectivity index (χ0v) is 25.1. The number of likely N-dealkylation sites (tertiary alicyclic amines) is 1. The summed E-state index contributed by atoms with van der Waals surface area (Å²) in [6, 6.07) is 7.84. The lowest BCUT2D eigenvalue weighted by molar-refractivity contribution is 0.00105. The molecule has 3 N–H and O–H groups in total. The highest BCUT2D eigenvalue weighted by molar-refractivity contribution is 5.67. The maximum atomic E-state index is 14.2. The topological polar surface area (TPSA) is 145 Å². The lowest BCUT2D eigenvalue weighted by Crippen LogP contribution is -2.42. The molecule has 0 amide bonds. The first-order valence-corrected chi connectivity index (χ1v) is 15.5. The molecule has 5 unspecified atom stereocenters. The van der Waals surface area contributed by atoms with Gasteiger partial charge in [-0.05, 0) is 76.1 Å². The fourth-order valence-corrected chi connectivity index (χ4v) is 7.70. The molecular formula is C32H38FN7O4. The number of ether oxygens (including phenoxy) is 3. The Morgan fingerprint density at radius 3 is 2.80 bits per heavy atom. The lowest BCUT2D eigenvalue weighted by Gasteiger charge is -2.41. The van der Waals surface area contributed by atoms with Crippen molar-refractivity contribution in [1.29, 1.82) is 5.26 Å². The van der Waals surface area contributed by atoms with E-state index in [1.54, 1.807) is 6.07 Å². The van der Waals surface area contributed by atoms with E-state index in [1.165, 1.54) is 0 Å². The van der Waals surface area contributed by atoms with E-state index in [1.807, 2.05) is 31.0 Å². The maximum absolute atomic E-state index is 14.2. The maximum Gasteiger partial charge on any atom is 0.221 e. The SMILES string of the molecule is CC(Oc1cc(OC2CNCOC2)nc(-c2noc3c2CCCC32CCCc3ccc(N)c(C#N)c32)n1)C1CC(F)CN1C. The summed E-state index contributed by atoms with van der Waals surface area (Å²) in [4.78, 5) is 11.5. The highest BCUT2D eigenvalue weighted by Gasteiger charge is 2.48. The number of likely N-dealkylation sites (N-methyl/N-ethyl adjacent to an activating group) is 1. The summed E-state index contributed by atoms with van der Waals surface area (Å²) in [5.41, 5.74) is 10.4. The summed E-state index contributed by atoms with van der Waals surface area (Å²) >= 11 is 0. The number of anilines is 1. The minimum atomic E-state index is -0.884. The number of halogens is 1. The number of nitrogens with two attached hydrogens (primary N) is 1. The molecule has 2 saturated heterocycles. The van der Waals surface area contributed by atoms with Gasteiger partial charge in [0.1, 0.15) is 24.4 Å². The molecule has 0 saturated carbocycles. The highest BCUT2D eigenvalue weighted by Crippen LogP contribution is 2.53. The second-order valence-electron chi connectivity index (χ2n) is 12.5. The van der Waals surface area contributed by atoms with E-state index in [0.717, 1.165) is 61.0 Å². The van der Waals surface area contributed by atoms with E-state index in [0.29, 0.717) is 67.4 Å². The van der Waals surface area contributed by atoms with E-state index in [2.05, 4.69) is 16.5 Å². The van der Waals surface area contributed by atoms with E-state index < -0.39 is 11.6 Å². The van der Waals surface area contributed by atoms with E-state index in [9.17, 15) is 9.65 Å². The van der Waals surface area contributed by atoms with Crippen molar-refractivity contribution in [1.82, 2.24) is 25.3 Å². The number of hydrogen-bond acceptors (Lipinski definition) is 11. The summed E-state index contributed by atoms with van der Waals surface area (Å²) in [7, 11) is 1.91. The number of alkyl halides is 1. The van der Waals surface area contributed by atoms with Crippen LogP contribution >= 0.6 is 0 Å². The molecule has 4 aliphatic rings. The van der Waals surface area contributed by atoms with Gasteiger partial charge in [-0.25, -0.2) is 4.39 Å². The molecule has 2 aliphatic carbocycles. The van der Waals surface area contributed by atoms with Gasteiger partial charge in [0.2, 0.25) is 11.8 Å². The van der Waals surface area contributed by atoms with Crippen LogP contribution in [0.15, 0.2) is 22.7 Å². The molecule has 1 spiro atoms. The van der Waals surface area contributed by atoms with Crippen molar-refractivity contribution in [3.63, 3.8) is 0 Å². The quantitative estimate of drug-likeness (QED) is 0.398. The van der Waals surface area contributed by atoms with Crippen molar-refractivity contribution < 1.29 is 23.1 Å². The summed E-state index contributed by atoms with van der Waals surface area (Å²) < 4.78 is 38.5. The van der Waals surface area contributed by atoms with Crippen LogP contribution in [-0.2, 0) is 23.0 Å². The van der Waals surface area contributed by atoms with Gasteiger partial charge in [-0.3, -0.25) is 10.2 Å². The third-order valence-electron chi connectivity index (χ3n) is 9.67. The number of hydrogen-bond donors (Lipinski definition) is 2. The van der Waals surface area contributed by atoms with Gasteiger partial charge in [0.25, 0.3) is 0 Å². The molecule has 1 aromatic carbocycles. The molecule has 4 heterocycles.